The van der Waals surface area contributed by atoms with E-state index >= 15 is 0 Å². The number of nitrogens with zero attached hydrogens (tertiary/aromatic N) is 2. The maximum Gasteiger partial charge on any atom is 0.0798 e. The smallest absolute Gasteiger partial charge is 0.0798 e. The number of benzene rings is 1. The molecule has 114 valence electrons. The van der Waals surface area contributed by atoms with Gasteiger partial charge >= 0.3 is 0 Å². The molecular formula is C15H19Cl2N3S. The SMILES string of the molecule is Cc1ncsc1CN1CCNCC1c1cccc(Cl)c1.Cl. The minimum absolute atomic E-state index is 0. The highest BCUT2D eigenvalue weighted by atomic mass is 35.5. The molecule has 3 rings (SSSR count). The first kappa shape index (κ1) is 16.7. The molecule has 3 nitrogen and oxygen atoms in total. The van der Waals surface area contributed by atoms with Crippen LogP contribution < -0.4 is 5.32 Å². The summed E-state index contributed by atoms with van der Waals surface area (Å²) in [5.74, 6) is 0. The number of halogens is 2. The molecule has 0 saturated carbocycles. The lowest BCUT2D eigenvalue weighted by Gasteiger charge is -2.36. The normalized spacial score (nSPS) is 19.2. The van der Waals surface area contributed by atoms with Gasteiger partial charge < -0.3 is 5.32 Å². The van der Waals surface area contributed by atoms with Crippen LogP contribution in [0.4, 0.5) is 0 Å². The summed E-state index contributed by atoms with van der Waals surface area (Å²) in [7, 11) is 0. The molecule has 1 N–H and O–H groups in total. The zero-order valence-electron chi connectivity index (χ0n) is 11.9. The van der Waals surface area contributed by atoms with Gasteiger partial charge in [-0.3, -0.25) is 4.90 Å². The molecule has 2 heterocycles. The van der Waals surface area contributed by atoms with Gasteiger partial charge in [-0.15, -0.1) is 23.7 Å². The molecule has 1 fully saturated rings. The number of aromatic nitrogens is 1. The van der Waals surface area contributed by atoms with Gasteiger partial charge in [0, 0.05) is 42.1 Å². The maximum absolute atomic E-state index is 6.13. The van der Waals surface area contributed by atoms with Crippen molar-refractivity contribution in [3.8, 4) is 0 Å². The van der Waals surface area contributed by atoms with Gasteiger partial charge in [0.15, 0.2) is 0 Å². The van der Waals surface area contributed by atoms with Crippen molar-refractivity contribution in [3.63, 3.8) is 0 Å². The lowest BCUT2D eigenvalue weighted by molar-refractivity contribution is 0.155. The van der Waals surface area contributed by atoms with Crippen LogP contribution in [0, 0.1) is 6.92 Å². The van der Waals surface area contributed by atoms with E-state index in [0.29, 0.717) is 6.04 Å². The van der Waals surface area contributed by atoms with Crippen LogP contribution in [-0.4, -0.2) is 29.5 Å². The van der Waals surface area contributed by atoms with Crippen molar-refractivity contribution >= 4 is 35.3 Å². The number of aryl methyl sites for hydroxylation is 1. The van der Waals surface area contributed by atoms with Gasteiger partial charge in [-0.25, -0.2) is 4.98 Å². The van der Waals surface area contributed by atoms with E-state index in [0.717, 1.165) is 36.9 Å². The van der Waals surface area contributed by atoms with Crippen LogP contribution in [-0.2, 0) is 6.54 Å². The molecule has 1 aliphatic rings. The highest BCUT2D eigenvalue weighted by molar-refractivity contribution is 7.09. The number of nitrogens with one attached hydrogen (secondary N) is 1. The second-order valence-corrected chi connectivity index (χ2v) is 6.48. The molecule has 1 aromatic heterocycles. The Morgan fingerprint density at radius 1 is 1.48 bits per heavy atom. The largest absolute Gasteiger partial charge is 0.314 e. The molecule has 0 bridgehead atoms. The minimum atomic E-state index is 0. The Morgan fingerprint density at radius 3 is 3.05 bits per heavy atom. The molecule has 0 spiro atoms. The van der Waals surface area contributed by atoms with E-state index in [9.17, 15) is 0 Å². The number of rotatable bonds is 3. The first-order valence-corrected chi connectivity index (χ1v) is 8.09. The molecule has 6 heteroatoms. The lowest BCUT2D eigenvalue weighted by atomic mass is 10.0. The third kappa shape index (κ3) is 3.96. The van der Waals surface area contributed by atoms with E-state index in [1.165, 1.54) is 10.4 Å². The van der Waals surface area contributed by atoms with Crippen LogP contribution in [0.3, 0.4) is 0 Å². The van der Waals surface area contributed by atoms with Gasteiger partial charge in [0.2, 0.25) is 0 Å². The molecule has 2 aromatic rings. The standard InChI is InChI=1S/C15H18ClN3S.ClH/c1-11-15(20-10-18-11)9-19-6-5-17-8-14(19)12-3-2-4-13(16)7-12;/h2-4,7,10,14,17H,5-6,8-9H2,1H3;1H. The van der Waals surface area contributed by atoms with Crippen LogP contribution in [0.2, 0.25) is 5.02 Å². The third-order valence-electron chi connectivity index (χ3n) is 3.78. The summed E-state index contributed by atoms with van der Waals surface area (Å²) in [6.07, 6.45) is 0. The summed E-state index contributed by atoms with van der Waals surface area (Å²) in [5.41, 5.74) is 4.37. The molecular weight excluding hydrogens is 325 g/mol. The predicted octanol–water partition coefficient (Wildman–Crippen LogP) is 3.67. The monoisotopic (exact) mass is 343 g/mol. The number of hydrogen-bond acceptors (Lipinski definition) is 4. The average Bonchev–Trinajstić information content (AvgIpc) is 2.85. The number of piperazine rings is 1. The quantitative estimate of drug-likeness (QED) is 0.921. The van der Waals surface area contributed by atoms with Gasteiger partial charge in [0.05, 0.1) is 11.2 Å². The molecule has 1 unspecified atom stereocenters. The van der Waals surface area contributed by atoms with Crippen LogP contribution >= 0.6 is 35.3 Å². The second-order valence-electron chi connectivity index (χ2n) is 5.11. The van der Waals surface area contributed by atoms with Gasteiger partial charge in [0.1, 0.15) is 0 Å². The van der Waals surface area contributed by atoms with Gasteiger partial charge in [-0.2, -0.15) is 0 Å². The molecule has 1 aliphatic heterocycles. The Bertz CT molecular complexity index is 588. The Hall–Kier alpha value is -0.650. The summed E-state index contributed by atoms with van der Waals surface area (Å²) in [4.78, 5) is 8.23. The van der Waals surface area contributed by atoms with Crippen LogP contribution in [0.5, 0.6) is 0 Å². The summed E-state index contributed by atoms with van der Waals surface area (Å²) in [5, 5.41) is 4.29. The molecule has 0 aliphatic carbocycles. The van der Waals surface area contributed by atoms with E-state index < -0.39 is 0 Å². The Balaban J connectivity index is 0.00000161. The topological polar surface area (TPSA) is 28.2 Å². The molecule has 1 atom stereocenters. The van der Waals surface area contributed by atoms with Crippen molar-refractivity contribution in [2.45, 2.75) is 19.5 Å². The lowest BCUT2D eigenvalue weighted by Crippen LogP contribution is -2.45. The minimum Gasteiger partial charge on any atom is -0.314 e. The Morgan fingerprint density at radius 2 is 2.33 bits per heavy atom. The van der Waals surface area contributed by atoms with E-state index in [1.807, 2.05) is 17.6 Å². The number of hydrogen-bond donors (Lipinski definition) is 1. The zero-order chi connectivity index (χ0) is 13.9. The fraction of sp³-hybridized carbons (Fsp3) is 0.400. The molecule has 0 radical (unpaired) electrons. The van der Waals surface area contributed by atoms with Crippen molar-refractivity contribution in [1.82, 2.24) is 15.2 Å². The van der Waals surface area contributed by atoms with Crippen molar-refractivity contribution in [1.29, 1.82) is 0 Å². The van der Waals surface area contributed by atoms with Crippen LogP contribution in [0.1, 0.15) is 22.2 Å². The molecule has 21 heavy (non-hydrogen) atoms. The molecule has 1 aromatic carbocycles. The van der Waals surface area contributed by atoms with E-state index in [-0.39, 0.29) is 12.4 Å². The summed E-state index contributed by atoms with van der Waals surface area (Å²) in [6, 6.07) is 8.58. The van der Waals surface area contributed by atoms with Crippen molar-refractivity contribution in [2.24, 2.45) is 0 Å². The van der Waals surface area contributed by atoms with Crippen LogP contribution in [0.25, 0.3) is 0 Å². The third-order valence-corrected chi connectivity index (χ3v) is 4.93. The Labute approximate surface area is 140 Å². The highest BCUT2D eigenvalue weighted by Crippen LogP contribution is 2.27. The fourth-order valence-electron chi connectivity index (χ4n) is 2.64. The van der Waals surface area contributed by atoms with E-state index in [4.69, 9.17) is 11.6 Å². The zero-order valence-corrected chi connectivity index (χ0v) is 14.3. The van der Waals surface area contributed by atoms with Crippen molar-refractivity contribution in [2.75, 3.05) is 19.6 Å². The van der Waals surface area contributed by atoms with Crippen molar-refractivity contribution in [3.05, 3.63) is 50.9 Å². The van der Waals surface area contributed by atoms with Gasteiger partial charge in [-0.1, -0.05) is 23.7 Å². The molecule has 0 amide bonds. The first-order valence-electron chi connectivity index (χ1n) is 6.83. The second kappa shape index (κ2) is 7.56. The van der Waals surface area contributed by atoms with E-state index in [1.54, 1.807) is 11.3 Å². The highest BCUT2D eigenvalue weighted by Gasteiger charge is 2.24. The fourth-order valence-corrected chi connectivity index (χ4v) is 3.64. The van der Waals surface area contributed by atoms with Crippen LogP contribution in [0.15, 0.2) is 29.8 Å². The Kier molecular flexibility index (Phi) is 6.02. The summed E-state index contributed by atoms with van der Waals surface area (Å²) in [6.45, 7) is 6.11. The molecule has 1 saturated heterocycles. The average molecular weight is 344 g/mol. The summed E-state index contributed by atoms with van der Waals surface area (Å²) < 4.78 is 0. The summed E-state index contributed by atoms with van der Waals surface area (Å²) >= 11 is 7.88. The maximum atomic E-state index is 6.13. The van der Waals surface area contributed by atoms with E-state index in [2.05, 4.69) is 34.3 Å². The van der Waals surface area contributed by atoms with Crippen molar-refractivity contribution < 1.29 is 0 Å². The van der Waals surface area contributed by atoms with Gasteiger partial charge in [-0.05, 0) is 24.6 Å². The predicted molar refractivity (Wildman–Crippen MR) is 91.6 cm³/mol. The number of thiazole rings is 1. The first-order chi connectivity index (χ1) is 9.74. The van der Waals surface area contributed by atoms with Gasteiger partial charge in [0.25, 0.3) is 0 Å².